The maximum absolute atomic E-state index is 12.1. The standard InChI is InChI=1S/C22H22N2O4/c1-24-21(25)13-23-19-11-17(16-7-9-27-10-8-16)12-20(22(19)24)28-14-15-3-5-18(26-2)6-4-15/h3-7,11-13H,8-10,14H2,1-2H3. The number of rotatable bonds is 5. The Kier molecular flexibility index (Phi) is 5.12. The third-order valence-electron chi connectivity index (χ3n) is 4.92. The normalized spacial score (nSPS) is 14.0. The van der Waals surface area contributed by atoms with Gasteiger partial charge in [0.1, 0.15) is 23.6 Å². The van der Waals surface area contributed by atoms with Crippen molar-refractivity contribution in [2.75, 3.05) is 20.3 Å². The Morgan fingerprint density at radius 2 is 2.04 bits per heavy atom. The smallest absolute Gasteiger partial charge is 0.269 e. The summed E-state index contributed by atoms with van der Waals surface area (Å²) in [7, 11) is 3.38. The fourth-order valence-corrected chi connectivity index (χ4v) is 3.32. The van der Waals surface area contributed by atoms with Crippen LogP contribution in [0.15, 0.2) is 53.5 Å². The van der Waals surface area contributed by atoms with E-state index in [4.69, 9.17) is 14.2 Å². The molecule has 0 aliphatic carbocycles. The molecule has 0 fully saturated rings. The fourth-order valence-electron chi connectivity index (χ4n) is 3.32. The Bertz CT molecular complexity index is 1080. The van der Waals surface area contributed by atoms with Gasteiger partial charge in [-0.3, -0.25) is 4.79 Å². The highest BCUT2D eigenvalue weighted by atomic mass is 16.5. The van der Waals surface area contributed by atoms with Crippen molar-refractivity contribution in [3.05, 3.63) is 70.2 Å². The summed E-state index contributed by atoms with van der Waals surface area (Å²) in [6, 6.07) is 11.7. The molecule has 1 aliphatic heterocycles. The average Bonchev–Trinajstić information content (AvgIpc) is 2.75. The molecule has 1 aliphatic rings. The van der Waals surface area contributed by atoms with E-state index >= 15 is 0 Å². The number of aryl methyl sites for hydroxylation is 1. The lowest BCUT2D eigenvalue weighted by atomic mass is 10.0. The van der Waals surface area contributed by atoms with E-state index in [1.54, 1.807) is 18.7 Å². The van der Waals surface area contributed by atoms with Gasteiger partial charge in [0.2, 0.25) is 0 Å². The topological polar surface area (TPSA) is 62.6 Å². The zero-order chi connectivity index (χ0) is 19.5. The number of aromatic nitrogens is 2. The van der Waals surface area contributed by atoms with Crippen LogP contribution >= 0.6 is 0 Å². The molecule has 4 rings (SSSR count). The van der Waals surface area contributed by atoms with E-state index < -0.39 is 0 Å². The lowest BCUT2D eigenvalue weighted by Gasteiger charge is -2.17. The lowest BCUT2D eigenvalue weighted by Crippen LogP contribution is -2.17. The van der Waals surface area contributed by atoms with Gasteiger partial charge in [0, 0.05) is 7.05 Å². The molecule has 144 valence electrons. The fraction of sp³-hybridized carbons (Fsp3) is 0.273. The summed E-state index contributed by atoms with van der Waals surface area (Å²) in [6.07, 6.45) is 4.27. The first kappa shape index (κ1) is 18.3. The number of nitrogens with zero attached hydrogens (tertiary/aromatic N) is 2. The van der Waals surface area contributed by atoms with Gasteiger partial charge in [0.15, 0.2) is 0 Å². The number of methoxy groups -OCH3 is 1. The maximum Gasteiger partial charge on any atom is 0.269 e. The van der Waals surface area contributed by atoms with Crippen molar-refractivity contribution in [3.63, 3.8) is 0 Å². The van der Waals surface area contributed by atoms with Gasteiger partial charge in [-0.05, 0) is 47.4 Å². The summed E-state index contributed by atoms with van der Waals surface area (Å²) in [5.74, 6) is 1.44. The van der Waals surface area contributed by atoms with E-state index in [9.17, 15) is 4.79 Å². The van der Waals surface area contributed by atoms with Crippen LogP contribution in [0.1, 0.15) is 17.5 Å². The van der Waals surface area contributed by atoms with Crippen molar-refractivity contribution in [2.24, 2.45) is 7.05 Å². The molecule has 0 atom stereocenters. The van der Waals surface area contributed by atoms with Gasteiger partial charge >= 0.3 is 0 Å². The monoisotopic (exact) mass is 378 g/mol. The molecule has 0 N–H and O–H groups in total. The summed E-state index contributed by atoms with van der Waals surface area (Å²) in [5.41, 5.74) is 4.53. The molecule has 0 radical (unpaired) electrons. The number of benzene rings is 2. The molecule has 6 nitrogen and oxygen atoms in total. The van der Waals surface area contributed by atoms with Crippen LogP contribution in [0.25, 0.3) is 16.6 Å². The van der Waals surface area contributed by atoms with Crippen molar-refractivity contribution in [3.8, 4) is 11.5 Å². The van der Waals surface area contributed by atoms with Crippen molar-refractivity contribution >= 4 is 16.6 Å². The zero-order valence-electron chi connectivity index (χ0n) is 16.0. The number of ether oxygens (including phenoxy) is 3. The molecule has 0 unspecified atom stereocenters. The van der Waals surface area contributed by atoms with Crippen LogP contribution in [0.3, 0.4) is 0 Å². The van der Waals surface area contributed by atoms with E-state index in [0.717, 1.165) is 28.8 Å². The molecule has 2 heterocycles. The zero-order valence-corrected chi connectivity index (χ0v) is 16.0. The summed E-state index contributed by atoms with van der Waals surface area (Å²) in [6.45, 7) is 1.69. The minimum absolute atomic E-state index is 0.167. The van der Waals surface area contributed by atoms with Crippen molar-refractivity contribution in [1.82, 2.24) is 9.55 Å². The van der Waals surface area contributed by atoms with Gasteiger partial charge in [0.25, 0.3) is 5.56 Å². The average molecular weight is 378 g/mol. The molecular formula is C22H22N2O4. The molecule has 28 heavy (non-hydrogen) atoms. The summed E-state index contributed by atoms with van der Waals surface area (Å²) < 4.78 is 18.3. The van der Waals surface area contributed by atoms with Crippen LogP contribution in [-0.2, 0) is 18.4 Å². The van der Waals surface area contributed by atoms with Crippen LogP contribution in [0.5, 0.6) is 11.5 Å². The first-order valence-corrected chi connectivity index (χ1v) is 9.18. The first-order valence-electron chi connectivity index (χ1n) is 9.18. The molecule has 0 spiro atoms. The van der Waals surface area contributed by atoms with Gasteiger partial charge in [0.05, 0.1) is 32.0 Å². The minimum atomic E-state index is -0.167. The van der Waals surface area contributed by atoms with Crippen LogP contribution in [0.2, 0.25) is 0 Å². The van der Waals surface area contributed by atoms with E-state index in [-0.39, 0.29) is 5.56 Å². The highest BCUT2D eigenvalue weighted by molar-refractivity contribution is 5.86. The van der Waals surface area contributed by atoms with Crippen molar-refractivity contribution in [1.29, 1.82) is 0 Å². The van der Waals surface area contributed by atoms with Gasteiger partial charge in [-0.15, -0.1) is 0 Å². The van der Waals surface area contributed by atoms with Crippen LogP contribution in [-0.4, -0.2) is 29.9 Å². The van der Waals surface area contributed by atoms with Crippen LogP contribution in [0.4, 0.5) is 0 Å². The summed E-state index contributed by atoms with van der Waals surface area (Å²) in [5, 5.41) is 0. The SMILES string of the molecule is COc1ccc(COc2cc(C3=CCOCC3)cc3ncc(=O)n(C)c23)cc1. The lowest BCUT2D eigenvalue weighted by molar-refractivity contribution is 0.161. The van der Waals surface area contributed by atoms with Crippen LogP contribution < -0.4 is 15.0 Å². The maximum atomic E-state index is 12.1. The minimum Gasteiger partial charge on any atom is -0.497 e. The first-order chi connectivity index (χ1) is 13.7. The molecular weight excluding hydrogens is 356 g/mol. The molecule has 2 aromatic carbocycles. The van der Waals surface area contributed by atoms with Gasteiger partial charge in [-0.2, -0.15) is 0 Å². The Hall–Kier alpha value is -3.12. The van der Waals surface area contributed by atoms with Gasteiger partial charge in [-0.25, -0.2) is 4.98 Å². The van der Waals surface area contributed by atoms with E-state index in [1.807, 2.05) is 36.4 Å². The van der Waals surface area contributed by atoms with E-state index in [0.29, 0.717) is 31.1 Å². The number of fused-ring (bicyclic) bond motifs is 1. The molecule has 1 aromatic heterocycles. The number of hydrogen-bond donors (Lipinski definition) is 0. The van der Waals surface area contributed by atoms with E-state index in [2.05, 4.69) is 11.1 Å². The molecule has 0 saturated carbocycles. The molecule has 0 bridgehead atoms. The number of hydrogen-bond acceptors (Lipinski definition) is 5. The van der Waals surface area contributed by atoms with Gasteiger partial charge in [-0.1, -0.05) is 18.2 Å². The quantitative estimate of drug-likeness (QED) is 0.682. The molecule has 0 amide bonds. The second-order valence-electron chi connectivity index (χ2n) is 6.69. The van der Waals surface area contributed by atoms with Gasteiger partial charge < -0.3 is 18.8 Å². The second kappa shape index (κ2) is 7.86. The predicted molar refractivity (Wildman–Crippen MR) is 108 cm³/mol. The van der Waals surface area contributed by atoms with Crippen molar-refractivity contribution < 1.29 is 14.2 Å². The molecule has 6 heteroatoms. The third-order valence-corrected chi connectivity index (χ3v) is 4.92. The Balaban J connectivity index is 1.74. The summed E-state index contributed by atoms with van der Waals surface area (Å²) in [4.78, 5) is 16.5. The summed E-state index contributed by atoms with van der Waals surface area (Å²) >= 11 is 0. The highest BCUT2D eigenvalue weighted by Crippen LogP contribution is 2.31. The predicted octanol–water partition coefficient (Wildman–Crippen LogP) is 3.32. The molecule has 3 aromatic rings. The Morgan fingerprint density at radius 1 is 1.21 bits per heavy atom. The Morgan fingerprint density at radius 3 is 2.75 bits per heavy atom. The second-order valence-corrected chi connectivity index (χ2v) is 6.69. The third kappa shape index (κ3) is 3.64. The van der Waals surface area contributed by atoms with Crippen molar-refractivity contribution in [2.45, 2.75) is 13.0 Å². The van der Waals surface area contributed by atoms with E-state index in [1.165, 1.54) is 11.8 Å². The Labute approximate surface area is 163 Å². The highest BCUT2D eigenvalue weighted by Gasteiger charge is 2.14. The van der Waals surface area contributed by atoms with Crippen LogP contribution in [0, 0.1) is 0 Å². The largest absolute Gasteiger partial charge is 0.497 e. The molecule has 0 saturated heterocycles.